The number of unbranched alkanes of at least 4 members (excludes halogenated alkanes) is 1. The van der Waals surface area contributed by atoms with Crippen LogP contribution in [0.15, 0.2) is 12.2 Å². The molecule has 0 aliphatic rings. The van der Waals surface area contributed by atoms with E-state index in [-0.39, 0.29) is 0 Å². The smallest absolute Gasteiger partial charge is 0.0160 e. The van der Waals surface area contributed by atoms with E-state index in [0.717, 1.165) is 6.54 Å². The molecule has 0 spiro atoms. The molecule has 0 N–H and O–H groups in total. The van der Waals surface area contributed by atoms with E-state index in [1.807, 2.05) is 0 Å². The van der Waals surface area contributed by atoms with Crippen LogP contribution in [0.3, 0.4) is 0 Å². The number of nitrogens with zero attached hydrogens (tertiary/aromatic N) is 1. The van der Waals surface area contributed by atoms with Crippen LogP contribution in [0, 0.1) is 0 Å². The molecular weight excluding hydrogens is 122 g/mol. The van der Waals surface area contributed by atoms with Crippen molar-refractivity contribution in [3.8, 4) is 0 Å². The molecule has 0 radical (unpaired) electrons. The van der Waals surface area contributed by atoms with Gasteiger partial charge in [0.1, 0.15) is 0 Å². The Bertz CT molecular complexity index is 86.7. The van der Waals surface area contributed by atoms with Gasteiger partial charge in [0.15, 0.2) is 0 Å². The minimum Gasteiger partial charge on any atom is -0.303 e. The highest BCUT2D eigenvalue weighted by atomic mass is 15.1. The molecule has 0 aromatic carbocycles. The lowest BCUT2D eigenvalue weighted by Crippen LogP contribution is -2.19. The van der Waals surface area contributed by atoms with Gasteiger partial charge in [-0.25, -0.2) is 0 Å². The molecule has 0 heterocycles. The molecule has 0 saturated carbocycles. The van der Waals surface area contributed by atoms with Crippen molar-refractivity contribution in [3.63, 3.8) is 0 Å². The summed E-state index contributed by atoms with van der Waals surface area (Å²) in [4.78, 5) is 2.34. The van der Waals surface area contributed by atoms with Gasteiger partial charge in [-0.2, -0.15) is 0 Å². The minimum atomic E-state index is 1.09. The molecule has 1 heteroatoms. The molecule has 0 aliphatic heterocycles. The summed E-state index contributed by atoms with van der Waals surface area (Å²) < 4.78 is 0. The fraction of sp³-hybridized carbons (Fsp3) is 0.778. The summed E-state index contributed by atoms with van der Waals surface area (Å²) >= 11 is 0. The first-order valence-corrected chi connectivity index (χ1v) is 4.11. The molecular formula is C9H19N. The van der Waals surface area contributed by atoms with Gasteiger partial charge in [-0.3, -0.25) is 0 Å². The summed E-state index contributed by atoms with van der Waals surface area (Å²) in [5.74, 6) is 0. The zero-order valence-corrected chi connectivity index (χ0v) is 7.43. The first-order chi connectivity index (χ1) is 4.81. The van der Waals surface area contributed by atoms with Gasteiger partial charge in [-0.15, -0.1) is 0 Å². The van der Waals surface area contributed by atoms with Crippen LogP contribution < -0.4 is 0 Å². The Morgan fingerprint density at radius 1 is 1.40 bits per heavy atom. The SMILES string of the molecule is C/C=C/CN(C)CCCC. The van der Waals surface area contributed by atoms with Gasteiger partial charge >= 0.3 is 0 Å². The van der Waals surface area contributed by atoms with Gasteiger partial charge in [-0.1, -0.05) is 25.5 Å². The monoisotopic (exact) mass is 141 g/mol. The van der Waals surface area contributed by atoms with Gasteiger partial charge in [0.2, 0.25) is 0 Å². The largest absolute Gasteiger partial charge is 0.303 e. The van der Waals surface area contributed by atoms with Crippen LogP contribution in [0.2, 0.25) is 0 Å². The average molecular weight is 141 g/mol. The summed E-state index contributed by atoms with van der Waals surface area (Å²) in [5.41, 5.74) is 0. The second kappa shape index (κ2) is 6.81. The molecule has 0 aromatic heterocycles. The standard InChI is InChI=1S/C9H19N/c1-4-6-8-10(3)9-7-5-2/h4,6H,5,7-9H2,1-3H3/b6-4+. The molecule has 0 bridgehead atoms. The van der Waals surface area contributed by atoms with Crippen molar-refractivity contribution in [3.05, 3.63) is 12.2 Å². The number of hydrogen-bond donors (Lipinski definition) is 0. The third-order valence-corrected chi connectivity index (χ3v) is 1.55. The Labute approximate surface area is 64.7 Å². The van der Waals surface area contributed by atoms with Crippen molar-refractivity contribution < 1.29 is 0 Å². The van der Waals surface area contributed by atoms with E-state index in [9.17, 15) is 0 Å². The van der Waals surface area contributed by atoms with Gasteiger partial charge in [0, 0.05) is 6.54 Å². The number of rotatable bonds is 5. The molecule has 0 aliphatic carbocycles. The first kappa shape index (κ1) is 9.70. The van der Waals surface area contributed by atoms with Crippen LogP contribution in [0.4, 0.5) is 0 Å². The Morgan fingerprint density at radius 3 is 2.60 bits per heavy atom. The maximum absolute atomic E-state index is 2.34. The van der Waals surface area contributed by atoms with Crippen molar-refractivity contribution in [2.45, 2.75) is 26.7 Å². The number of hydrogen-bond acceptors (Lipinski definition) is 1. The van der Waals surface area contributed by atoms with Gasteiger partial charge in [-0.05, 0) is 26.9 Å². The van der Waals surface area contributed by atoms with Gasteiger partial charge in [0.25, 0.3) is 0 Å². The third kappa shape index (κ3) is 5.83. The molecule has 60 valence electrons. The molecule has 0 atom stereocenters. The van der Waals surface area contributed by atoms with Gasteiger partial charge in [0.05, 0.1) is 0 Å². The third-order valence-electron chi connectivity index (χ3n) is 1.55. The van der Waals surface area contributed by atoms with E-state index in [2.05, 4.69) is 37.9 Å². The number of allylic oxidation sites excluding steroid dienone is 1. The maximum atomic E-state index is 2.34. The van der Waals surface area contributed by atoms with Crippen molar-refractivity contribution in [1.82, 2.24) is 4.90 Å². The maximum Gasteiger partial charge on any atom is 0.0160 e. The second-order valence-electron chi connectivity index (χ2n) is 2.68. The molecule has 0 rings (SSSR count). The summed E-state index contributed by atoms with van der Waals surface area (Å²) in [6.45, 7) is 6.61. The Morgan fingerprint density at radius 2 is 2.10 bits per heavy atom. The predicted molar refractivity (Wildman–Crippen MR) is 47.2 cm³/mol. The molecule has 10 heavy (non-hydrogen) atoms. The van der Waals surface area contributed by atoms with E-state index >= 15 is 0 Å². The van der Waals surface area contributed by atoms with Crippen LogP contribution in [0.1, 0.15) is 26.7 Å². The second-order valence-corrected chi connectivity index (χ2v) is 2.68. The van der Waals surface area contributed by atoms with Crippen LogP contribution in [-0.4, -0.2) is 25.0 Å². The number of likely N-dealkylation sites (N-methyl/N-ethyl adjacent to an activating group) is 1. The Balaban J connectivity index is 3.16. The highest BCUT2D eigenvalue weighted by Gasteiger charge is 1.91. The van der Waals surface area contributed by atoms with E-state index in [4.69, 9.17) is 0 Å². The van der Waals surface area contributed by atoms with Gasteiger partial charge < -0.3 is 4.90 Å². The molecule has 0 fully saturated rings. The van der Waals surface area contributed by atoms with Crippen molar-refractivity contribution in [2.75, 3.05) is 20.1 Å². The Hall–Kier alpha value is -0.300. The normalized spacial score (nSPS) is 11.6. The lowest BCUT2D eigenvalue weighted by atomic mass is 10.3. The van der Waals surface area contributed by atoms with E-state index in [0.29, 0.717) is 0 Å². The lowest BCUT2D eigenvalue weighted by molar-refractivity contribution is 0.362. The quantitative estimate of drug-likeness (QED) is 0.531. The topological polar surface area (TPSA) is 3.24 Å². The Kier molecular flexibility index (Phi) is 6.61. The molecule has 1 nitrogen and oxygen atoms in total. The fourth-order valence-electron chi connectivity index (χ4n) is 0.805. The van der Waals surface area contributed by atoms with Crippen LogP contribution in [-0.2, 0) is 0 Å². The minimum absolute atomic E-state index is 1.09. The molecule has 0 saturated heterocycles. The highest BCUT2D eigenvalue weighted by molar-refractivity contribution is 4.79. The van der Waals surface area contributed by atoms with Crippen LogP contribution >= 0.6 is 0 Å². The summed E-state index contributed by atoms with van der Waals surface area (Å²) in [7, 11) is 2.16. The van der Waals surface area contributed by atoms with Crippen molar-refractivity contribution in [1.29, 1.82) is 0 Å². The van der Waals surface area contributed by atoms with Crippen LogP contribution in [0.5, 0.6) is 0 Å². The summed E-state index contributed by atoms with van der Waals surface area (Å²) in [6, 6.07) is 0. The van der Waals surface area contributed by atoms with Crippen LogP contribution in [0.25, 0.3) is 0 Å². The highest BCUT2D eigenvalue weighted by Crippen LogP contribution is 1.90. The van der Waals surface area contributed by atoms with E-state index in [1.54, 1.807) is 0 Å². The van der Waals surface area contributed by atoms with Crippen molar-refractivity contribution in [2.24, 2.45) is 0 Å². The summed E-state index contributed by atoms with van der Waals surface area (Å²) in [6.07, 6.45) is 6.90. The molecule has 0 aromatic rings. The van der Waals surface area contributed by atoms with Crippen molar-refractivity contribution >= 4 is 0 Å². The first-order valence-electron chi connectivity index (χ1n) is 4.11. The lowest BCUT2D eigenvalue weighted by Gasteiger charge is -2.12. The average Bonchev–Trinajstić information content (AvgIpc) is 1.97. The fourth-order valence-corrected chi connectivity index (χ4v) is 0.805. The van der Waals surface area contributed by atoms with E-state index in [1.165, 1.54) is 19.4 Å². The predicted octanol–water partition coefficient (Wildman–Crippen LogP) is 2.29. The molecule has 0 unspecified atom stereocenters. The molecule has 0 amide bonds. The summed E-state index contributed by atoms with van der Waals surface area (Å²) in [5, 5.41) is 0. The van der Waals surface area contributed by atoms with E-state index < -0.39 is 0 Å². The zero-order valence-electron chi connectivity index (χ0n) is 7.43. The zero-order chi connectivity index (χ0) is 7.82.